The zero-order chi connectivity index (χ0) is 25.9. The van der Waals surface area contributed by atoms with Gasteiger partial charge in [0, 0.05) is 18.4 Å². The standard InChI is InChI=1S/C26H25Cl2N3O3S/c1-4-31(2)15-18-6-5-17(11-20(18)14-29)25-22(27)12-19(13-23(25)28)24(26(30)32)16-7-9-21(10-8-16)35(3,33)34/h5-13,24H,4,15H2,1-3H3,(H2,30,32). The van der Waals surface area contributed by atoms with E-state index in [1.54, 1.807) is 30.3 Å². The SMILES string of the molecule is CCN(C)Cc1ccc(-c2c(Cl)cc(C(C(N)=O)c3ccc(S(C)(=O)=O)cc3)cc2Cl)cc1C#N. The number of halogens is 2. The summed E-state index contributed by atoms with van der Waals surface area (Å²) in [6, 6.07) is 16.9. The molecule has 1 atom stereocenters. The Morgan fingerprint density at radius 3 is 2.14 bits per heavy atom. The number of rotatable bonds is 8. The Morgan fingerprint density at radius 1 is 1.06 bits per heavy atom. The fourth-order valence-corrected chi connectivity index (χ4v) is 5.19. The van der Waals surface area contributed by atoms with E-state index in [1.807, 2.05) is 26.1 Å². The van der Waals surface area contributed by atoms with Crippen LogP contribution < -0.4 is 5.73 Å². The number of amides is 1. The van der Waals surface area contributed by atoms with E-state index in [1.165, 1.54) is 12.1 Å². The van der Waals surface area contributed by atoms with Crippen LogP contribution in [0.25, 0.3) is 11.1 Å². The highest BCUT2D eigenvalue weighted by Crippen LogP contribution is 2.39. The van der Waals surface area contributed by atoms with Crippen molar-refractivity contribution in [2.45, 2.75) is 24.3 Å². The Kier molecular flexibility index (Phi) is 8.24. The predicted molar refractivity (Wildman–Crippen MR) is 139 cm³/mol. The highest BCUT2D eigenvalue weighted by atomic mass is 35.5. The first kappa shape index (κ1) is 26.7. The van der Waals surface area contributed by atoms with Gasteiger partial charge in [-0.15, -0.1) is 0 Å². The number of nitrogens with zero attached hydrogens (tertiary/aromatic N) is 2. The lowest BCUT2D eigenvalue weighted by atomic mass is 9.89. The summed E-state index contributed by atoms with van der Waals surface area (Å²) in [4.78, 5) is 14.6. The monoisotopic (exact) mass is 529 g/mol. The molecule has 0 heterocycles. The van der Waals surface area contributed by atoms with Crippen molar-refractivity contribution in [3.8, 4) is 17.2 Å². The van der Waals surface area contributed by atoms with Crippen LogP contribution in [0.4, 0.5) is 0 Å². The first-order valence-corrected chi connectivity index (χ1v) is 13.4. The molecule has 0 radical (unpaired) electrons. The number of nitrogens with two attached hydrogens (primary N) is 1. The molecule has 0 fully saturated rings. The molecule has 0 saturated carbocycles. The van der Waals surface area contributed by atoms with Gasteiger partial charge in [-0.25, -0.2) is 8.42 Å². The highest BCUT2D eigenvalue weighted by Gasteiger charge is 2.24. The van der Waals surface area contributed by atoms with Gasteiger partial charge in [-0.05, 0) is 66.2 Å². The van der Waals surface area contributed by atoms with Gasteiger partial charge < -0.3 is 10.6 Å². The summed E-state index contributed by atoms with van der Waals surface area (Å²) in [5, 5.41) is 10.3. The Hall–Kier alpha value is -2.89. The zero-order valence-electron chi connectivity index (χ0n) is 19.5. The molecule has 0 bridgehead atoms. The van der Waals surface area contributed by atoms with Gasteiger partial charge in [-0.3, -0.25) is 4.79 Å². The van der Waals surface area contributed by atoms with Crippen molar-refractivity contribution in [3.05, 3.63) is 86.9 Å². The number of carbonyl (C=O) groups is 1. The number of carbonyl (C=O) groups excluding carboxylic acids is 1. The molecular formula is C26H25Cl2N3O3S. The third-order valence-corrected chi connectivity index (χ3v) is 7.55. The van der Waals surface area contributed by atoms with Crippen LogP contribution in [-0.4, -0.2) is 39.1 Å². The van der Waals surface area contributed by atoms with Crippen molar-refractivity contribution in [1.82, 2.24) is 4.90 Å². The van der Waals surface area contributed by atoms with Crippen LogP contribution in [0, 0.1) is 11.3 Å². The maximum atomic E-state index is 12.4. The maximum absolute atomic E-state index is 12.4. The molecule has 0 aliphatic carbocycles. The topological polar surface area (TPSA) is 104 Å². The van der Waals surface area contributed by atoms with Crippen LogP contribution in [0.2, 0.25) is 10.0 Å². The lowest BCUT2D eigenvalue weighted by molar-refractivity contribution is -0.118. The minimum atomic E-state index is -3.38. The summed E-state index contributed by atoms with van der Waals surface area (Å²) < 4.78 is 23.5. The van der Waals surface area contributed by atoms with Crippen molar-refractivity contribution < 1.29 is 13.2 Å². The third kappa shape index (κ3) is 6.03. The van der Waals surface area contributed by atoms with Gasteiger partial charge in [-0.2, -0.15) is 5.26 Å². The summed E-state index contributed by atoms with van der Waals surface area (Å²) in [5.41, 5.74) is 9.34. The minimum Gasteiger partial charge on any atom is -0.369 e. The number of hydrogen-bond donors (Lipinski definition) is 1. The summed E-state index contributed by atoms with van der Waals surface area (Å²) in [5.74, 6) is -1.51. The largest absolute Gasteiger partial charge is 0.369 e. The van der Waals surface area contributed by atoms with Crippen molar-refractivity contribution in [3.63, 3.8) is 0 Å². The van der Waals surface area contributed by atoms with E-state index < -0.39 is 21.7 Å². The Morgan fingerprint density at radius 2 is 1.66 bits per heavy atom. The van der Waals surface area contributed by atoms with Gasteiger partial charge in [0.2, 0.25) is 5.91 Å². The molecule has 182 valence electrons. The van der Waals surface area contributed by atoms with E-state index in [4.69, 9.17) is 28.9 Å². The molecule has 35 heavy (non-hydrogen) atoms. The average Bonchev–Trinajstić information content (AvgIpc) is 2.79. The lowest BCUT2D eigenvalue weighted by Crippen LogP contribution is -2.22. The average molecular weight is 530 g/mol. The van der Waals surface area contributed by atoms with Crippen LogP contribution >= 0.6 is 23.2 Å². The second kappa shape index (κ2) is 10.8. The van der Waals surface area contributed by atoms with E-state index in [0.717, 1.165) is 18.4 Å². The van der Waals surface area contributed by atoms with Gasteiger partial charge in [0.1, 0.15) is 0 Å². The molecule has 0 aliphatic heterocycles. The van der Waals surface area contributed by atoms with Gasteiger partial charge in [0.25, 0.3) is 0 Å². The number of nitriles is 1. The molecule has 0 spiro atoms. The molecule has 2 N–H and O–H groups in total. The van der Waals surface area contributed by atoms with Gasteiger partial charge in [0.05, 0.1) is 32.5 Å². The first-order valence-electron chi connectivity index (χ1n) is 10.8. The van der Waals surface area contributed by atoms with Gasteiger partial charge >= 0.3 is 0 Å². The van der Waals surface area contributed by atoms with Crippen molar-refractivity contribution in [2.24, 2.45) is 5.73 Å². The van der Waals surface area contributed by atoms with E-state index in [9.17, 15) is 18.5 Å². The van der Waals surface area contributed by atoms with Crippen LogP contribution in [0.3, 0.4) is 0 Å². The predicted octanol–water partition coefficient (Wildman–Crippen LogP) is 5.00. The smallest absolute Gasteiger partial charge is 0.229 e. The Bertz CT molecular complexity index is 1390. The second-order valence-electron chi connectivity index (χ2n) is 8.35. The summed E-state index contributed by atoms with van der Waals surface area (Å²) in [6.07, 6.45) is 1.11. The van der Waals surface area contributed by atoms with Crippen LogP contribution in [0.15, 0.2) is 59.5 Å². The molecule has 1 amide bonds. The fourth-order valence-electron chi connectivity index (χ4n) is 3.84. The zero-order valence-corrected chi connectivity index (χ0v) is 21.9. The molecule has 0 aliphatic rings. The summed E-state index contributed by atoms with van der Waals surface area (Å²) >= 11 is 13.3. The van der Waals surface area contributed by atoms with Crippen LogP contribution in [0.5, 0.6) is 0 Å². The van der Waals surface area contributed by atoms with Gasteiger partial charge in [0.15, 0.2) is 9.84 Å². The summed E-state index contributed by atoms with van der Waals surface area (Å²) in [7, 11) is -1.40. The molecule has 3 aromatic rings. The van der Waals surface area contributed by atoms with Crippen molar-refractivity contribution in [1.29, 1.82) is 5.26 Å². The summed E-state index contributed by atoms with van der Waals surface area (Å²) in [6.45, 7) is 3.53. The van der Waals surface area contributed by atoms with E-state index in [-0.39, 0.29) is 4.90 Å². The maximum Gasteiger partial charge on any atom is 0.229 e. The molecule has 0 saturated heterocycles. The van der Waals surface area contributed by atoms with Crippen molar-refractivity contribution >= 4 is 38.9 Å². The van der Waals surface area contributed by atoms with Crippen LogP contribution in [-0.2, 0) is 21.2 Å². The Labute approximate surface area is 215 Å². The molecule has 3 aromatic carbocycles. The number of hydrogen-bond acceptors (Lipinski definition) is 5. The van der Waals surface area contributed by atoms with E-state index in [0.29, 0.717) is 44.4 Å². The third-order valence-electron chi connectivity index (χ3n) is 5.82. The number of sulfone groups is 1. The lowest BCUT2D eigenvalue weighted by Gasteiger charge is -2.18. The quantitative estimate of drug-likeness (QED) is 0.441. The first-order chi connectivity index (χ1) is 16.5. The molecule has 1 unspecified atom stereocenters. The number of primary amides is 1. The minimum absolute atomic E-state index is 0.137. The second-order valence-corrected chi connectivity index (χ2v) is 11.2. The normalized spacial score (nSPS) is 12.4. The highest BCUT2D eigenvalue weighted by molar-refractivity contribution is 7.90. The van der Waals surface area contributed by atoms with Crippen molar-refractivity contribution in [2.75, 3.05) is 19.8 Å². The van der Waals surface area contributed by atoms with Gasteiger partial charge in [-0.1, -0.05) is 54.4 Å². The number of benzene rings is 3. The fraction of sp³-hybridized carbons (Fsp3) is 0.231. The molecule has 9 heteroatoms. The molecule has 3 rings (SSSR count). The van der Waals surface area contributed by atoms with E-state index in [2.05, 4.69) is 11.0 Å². The van der Waals surface area contributed by atoms with E-state index >= 15 is 0 Å². The molecular weight excluding hydrogens is 505 g/mol. The Balaban J connectivity index is 2.04. The molecule has 0 aromatic heterocycles. The molecule has 6 nitrogen and oxygen atoms in total. The van der Waals surface area contributed by atoms with Crippen LogP contribution in [0.1, 0.15) is 35.1 Å².